The van der Waals surface area contributed by atoms with Crippen LogP contribution in [0.5, 0.6) is 0 Å². The monoisotopic (exact) mass is 913 g/mol. The SMILES string of the molecule is Cc1cc(C2=NCC(c3cc(Cl)cc(Cl)c3)(C(F)(F)F)C2)ccc1C(=O)C[C@@H]1CONC1=O.Cc1cc(C2=NCC(c3cc(Cl)cc(Cl)c3)(C(F)(F)F)C2)ccc1C(=O)O. The molecule has 4 aromatic rings. The molecule has 316 valence electrons. The van der Waals surface area contributed by atoms with Crippen molar-refractivity contribution in [3.63, 3.8) is 0 Å². The van der Waals surface area contributed by atoms with Crippen molar-refractivity contribution in [1.29, 1.82) is 0 Å². The highest BCUT2D eigenvalue weighted by Gasteiger charge is 2.59. The highest BCUT2D eigenvalue weighted by Crippen LogP contribution is 2.50. The summed E-state index contributed by atoms with van der Waals surface area (Å²) in [4.78, 5) is 48.6. The van der Waals surface area contributed by atoms with Gasteiger partial charge in [-0.25, -0.2) is 10.3 Å². The molecule has 0 spiro atoms. The van der Waals surface area contributed by atoms with Gasteiger partial charge in [0, 0.05) is 56.3 Å². The molecule has 3 aliphatic rings. The third-order valence-electron chi connectivity index (χ3n) is 10.8. The van der Waals surface area contributed by atoms with Crippen molar-refractivity contribution in [2.45, 2.75) is 56.3 Å². The van der Waals surface area contributed by atoms with Crippen LogP contribution in [-0.2, 0) is 20.5 Å². The van der Waals surface area contributed by atoms with Crippen molar-refractivity contribution in [3.8, 4) is 0 Å². The van der Waals surface area contributed by atoms with Crippen molar-refractivity contribution in [3.05, 3.63) is 137 Å². The lowest BCUT2D eigenvalue weighted by atomic mass is 9.76. The molecule has 2 N–H and O–H groups in total. The predicted molar refractivity (Wildman–Crippen MR) is 216 cm³/mol. The standard InChI is InChI=1S/C23H19Cl2F3N2O3.C19H14Cl2F3NO2/c1-12-4-13(2-3-18(12)20(31)5-14-10-33-30-21(14)32)19-9-22(11-29-19,23(26,27)28)15-6-16(24)8-17(25)7-15;1-10-4-11(2-3-15(10)17(26)27)16-8-18(9-25-16,19(22,23)24)12-5-13(20)7-14(21)6-12/h2-4,6-8,14H,5,9-11H2,1H3,(H,30,32);2-7H,8-9H2,1H3,(H,26,27)/t14-,22?;/m1./s1. The molecule has 3 atom stereocenters. The maximum Gasteiger partial charge on any atom is 0.400 e. The Balaban J connectivity index is 0.000000205. The molecule has 7 rings (SSSR count). The molecule has 2 unspecified atom stereocenters. The molecule has 3 aliphatic heterocycles. The van der Waals surface area contributed by atoms with Gasteiger partial charge in [-0.2, -0.15) is 26.3 Å². The molecule has 1 fully saturated rings. The van der Waals surface area contributed by atoms with E-state index in [1.807, 2.05) is 0 Å². The highest BCUT2D eigenvalue weighted by atomic mass is 35.5. The fraction of sp³-hybridized carbons (Fsp3) is 0.310. The number of benzene rings is 4. The largest absolute Gasteiger partial charge is 0.478 e. The molecule has 0 bridgehead atoms. The van der Waals surface area contributed by atoms with Crippen LogP contribution in [-0.4, -0.2) is 66.2 Å². The lowest BCUT2D eigenvalue weighted by Crippen LogP contribution is -2.43. The number of aryl methyl sites for hydroxylation is 2. The zero-order chi connectivity index (χ0) is 43.9. The lowest BCUT2D eigenvalue weighted by Gasteiger charge is -2.31. The van der Waals surface area contributed by atoms with Crippen LogP contribution in [0.2, 0.25) is 20.1 Å². The first-order valence-corrected chi connectivity index (χ1v) is 19.6. The minimum atomic E-state index is -4.58. The molecule has 0 aliphatic carbocycles. The molecule has 4 aromatic carbocycles. The van der Waals surface area contributed by atoms with Gasteiger partial charge in [-0.05, 0) is 102 Å². The number of aliphatic imine (C=N–C) groups is 2. The van der Waals surface area contributed by atoms with Crippen LogP contribution >= 0.6 is 46.4 Å². The van der Waals surface area contributed by atoms with Crippen LogP contribution < -0.4 is 5.48 Å². The summed E-state index contributed by atoms with van der Waals surface area (Å²) in [5.41, 5.74) is 0.751. The summed E-state index contributed by atoms with van der Waals surface area (Å²) in [6, 6.07) is 17.0. The first-order valence-electron chi connectivity index (χ1n) is 18.1. The minimum Gasteiger partial charge on any atom is -0.478 e. The lowest BCUT2D eigenvalue weighted by molar-refractivity contribution is -0.184. The van der Waals surface area contributed by atoms with Gasteiger partial charge >= 0.3 is 18.3 Å². The number of rotatable bonds is 8. The third kappa shape index (κ3) is 9.08. The summed E-state index contributed by atoms with van der Waals surface area (Å²) in [5, 5.41) is 9.59. The van der Waals surface area contributed by atoms with E-state index in [-0.39, 0.29) is 85.8 Å². The molecule has 0 aromatic heterocycles. The molecule has 60 heavy (non-hydrogen) atoms. The number of ketones is 1. The van der Waals surface area contributed by atoms with Gasteiger partial charge < -0.3 is 5.11 Å². The second-order valence-electron chi connectivity index (χ2n) is 14.8. The minimum absolute atomic E-state index is 0.0142. The normalized spacial score (nSPS) is 21.5. The van der Waals surface area contributed by atoms with Crippen molar-refractivity contribution in [2.24, 2.45) is 15.9 Å². The molecule has 1 amide bonds. The number of carbonyl (C=O) groups is 3. The van der Waals surface area contributed by atoms with Gasteiger partial charge in [0.15, 0.2) is 5.78 Å². The number of carboxylic acids is 1. The molecule has 8 nitrogen and oxygen atoms in total. The molecule has 18 heteroatoms. The van der Waals surface area contributed by atoms with Crippen molar-refractivity contribution >= 4 is 75.5 Å². The first kappa shape index (κ1) is 45.1. The van der Waals surface area contributed by atoms with Gasteiger partial charge in [-0.15, -0.1) is 0 Å². The molecule has 1 saturated heterocycles. The summed E-state index contributed by atoms with van der Waals surface area (Å²) >= 11 is 23.8. The summed E-state index contributed by atoms with van der Waals surface area (Å²) in [5.74, 6) is -2.24. The number of hydrogen-bond donors (Lipinski definition) is 2. The number of hydroxylamine groups is 1. The zero-order valence-corrected chi connectivity index (χ0v) is 34.5. The Kier molecular flexibility index (Phi) is 12.9. The van der Waals surface area contributed by atoms with E-state index in [4.69, 9.17) is 56.3 Å². The Hall–Kier alpha value is -4.47. The second-order valence-corrected chi connectivity index (χ2v) is 16.6. The van der Waals surface area contributed by atoms with Gasteiger partial charge in [-0.1, -0.05) is 64.6 Å². The Bertz CT molecular complexity index is 2420. The fourth-order valence-electron chi connectivity index (χ4n) is 7.49. The predicted octanol–water partition coefficient (Wildman–Crippen LogP) is 10.9. The number of aromatic carboxylic acids is 1. The quantitative estimate of drug-likeness (QED) is 0.135. The Labute approximate surface area is 359 Å². The number of halogens is 10. The maximum atomic E-state index is 14.3. The van der Waals surface area contributed by atoms with Crippen LogP contribution in [0.1, 0.15) is 73.4 Å². The zero-order valence-electron chi connectivity index (χ0n) is 31.5. The van der Waals surface area contributed by atoms with Crippen LogP contribution in [0.15, 0.2) is 82.8 Å². The molecule has 0 saturated carbocycles. The summed E-state index contributed by atoms with van der Waals surface area (Å²) < 4.78 is 85.0. The van der Waals surface area contributed by atoms with E-state index in [1.54, 1.807) is 38.1 Å². The number of carboxylic acid groups (broad SMARTS) is 1. The number of alkyl halides is 6. The van der Waals surface area contributed by atoms with Gasteiger partial charge in [0.25, 0.3) is 0 Å². The smallest absolute Gasteiger partial charge is 0.400 e. The number of nitrogens with zero attached hydrogens (tertiary/aromatic N) is 2. The number of Topliss-reactive ketones (excluding diaryl/α,β-unsaturated/α-hetero) is 1. The molecular formula is C42H33Cl4F6N3O5. The summed E-state index contributed by atoms with van der Waals surface area (Å²) in [7, 11) is 0. The van der Waals surface area contributed by atoms with E-state index in [0.717, 1.165) is 0 Å². The van der Waals surface area contributed by atoms with E-state index in [0.29, 0.717) is 27.8 Å². The molecular weight excluding hydrogens is 882 g/mol. The van der Waals surface area contributed by atoms with E-state index in [1.165, 1.54) is 48.5 Å². The summed E-state index contributed by atoms with van der Waals surface area (Å²) in [6.07, 6.45) is -9.92. The Morgan fingerprint density at radius 1 is 0.717 bits per heavy atom. The third-order valence-corrected chi connectivity index (χ3v) is 11.7. The average molecular weight is 916 g/mol. The molecule has 3 heterocycles. The van der Waals surface area contributed by atoms with Crippen LogP contribution in [0, 0.1) is 19.8 Å². The van der Waals surface area contributed by atoms with Gasteiger partial charge in [0.2, 0.25) is 5.91 Å². The number of carbonyl (C=O) groups excluding carboxylic acids is 2. The van der Waals surface area contributed by atoms with Crippen LogP contribution in [0.25, 0.3) is 0 Å². The van der Waals surface area contributed by atoms with E-state index in [9.17, 15) is 40.7 Å². The van der Waals surface area contributed by atoms with E-state index >= 15 is 0 Å². The Morgan fingerprint density at radius 2 is 1.13 bits per heavy atom. The van der Waals surface area contributed by atoms with Gasteiger partial charge in [-0.3, -0.25) is 24.4 Å². The number of amides is 1. The average Bonchev–Trinajstić information content (AvgIpc) is 3.91. The van der Waals surface area contributed by atoms with E-state index < -0.39 is 48.2 Å². The first-order chi connectivity index (χ1) is 28.0. The summed E-state index contributed by atoms with van der Waals surface area (Å²) in [6.45, 7) is 2.44. The van der Waals surface area contributed by atoms with Crippen LogP contribution in [0.3, 0.4) is 0 Å². The van der Waals surface area contributed by atoms with Crippen molar-refractivity contribution < 1.29 is 50.7 Å². The van der Waals surface area contributed by atoms with E-state index in [2.05, 4.69) is 15.5 Å². The highest BCUT2D eigenvalue weighted by molar-refractivity contribution is 6.35. The topological polar surface area (TPSA) is 117 Å². The Morgan fingerprint density at radius 3 is 1.48 bits per heavy atom. The van der Waals surface area contributed by atoms with Crippen molar-refractivity contribution in [2.75, 3.05) is 19.7 Å². The number of nitrogens with one attached hydrogen (secondary N) is 1. The maximum absolute atomic E-state index is 14.3. The molecule has 0 radical (unpaired) electrons. The number of hydrogen-bond acceptors (Lipinski definition) is 6. The van der Waals surface area contributed by atoms with Crippen molar-refractivity contribution in [1.82, 2.24) is 5.48 Å². The second kappa shape index (κ2) is 17.1. The van der Waals surface area contributed by atoms with Gasteiger partial charge in [0.1, 0.15) is 10.8 Å². The van der Waals surface area contributed by atoms with Gasteiger partial charge in [0.05, 0.1) is 31.2 Å². The van der Waals surface area contributed by atoms with Crippen LogP contribution in [0.4, 0.5) is 26.3 Å². The fourth-order valence-corrected chi connectivity index (χ4v) is 8.55.